The number of aryl methyl sites for hydroxylation is 1. The zero-order valence-corrected chi connectivity index (χ0v) is 17.0. The molecule has 0 aromatic carbocycles. The zero-order valence-electron chi connectivity index (χ0n) is 17.0. The molecule has 3 aliphatic rings. The molecule has 27 heavy (non-hydrogen) atoms. The number of likely N-dealkylation sites (N-methyl/N-ethyl adjacent to an activating group) is 1. The third-order valence-corrected chi connectivity index (χ3v) is 6.66. The highest BCUT2D eigenvalue weighted by molar-refractivity contribution is 5.79. The molecule has 3 heterocycles. The van der Waals surface area contributed by atoms with Gasteiger partial charge in [0, 0.05) is 50.0 Å². The lowest BCUT2D eigenvalue weighted by Crippen LogP contribution is -2.44. The van der Waals surface area contributed by atoms with E-state index in [4.69, 9.17) is 4.98 Å². The molecular formula is C22H34N4O. The van der Waals surface area contributed by atoms with E-state index in [1.807, 2.05) is 0 Å². The van der Waals surface area contributed by atoms with Crippen LogP contribution < -0.4 is 4.90 Å². The zero-order chi connectivity index (χ0) is 18.8. The van der Waals surface area contributed by atoms with Crippen LogP contribution in [0.25, 0.3) is 0 Å². The van der Waals surface area contributed by atoms with Crippen molar-refractivity contribution in [2.45, 2.75) is 57.9 Å². The van der Waals surface area contributed by atoms with Crippen LogP contribution in [-0.2, 0) is 4.79 Å². The number of carbonyl (C=O) groups is 1. The van der Waals surface area contributed by atoms with Crippen molar-refractivity contribution < 1.29 is 4.79 Å². The van der Waals surface area contributed by atoms with Crippen LogP contribution in [0, 0.1) is 12.8 Å². The highest BCUT2D eigenvalue weighted by Gasteiger charge is 2.35. The Hall–Kier alpha value is -1.62. The number of carbonyl (C=O) groups excluding carboxylic acids is 1. The number of nitrogens with zero attached hydrogens (tertiary/aromatic N) is 4. The lowest BCUT2D eigenvalue weighted by Gasteiger charge is -2.35. The van der Waals surface area contributed by atoms with Crippen molar-refractivity contribution >= 4 is 11.6 Å². The highest BCUT2D eigenvalue weighted by atomic mass is 16.2. The summed E-state index contributed by atoms with van der Waals surface area (Å²) >= 11 is 0. The summed E-state index contributed by atoms with van der Waals surface area (Å²) in [6.45, 7) is 7.33. The molecule has 0 N–H and O–H groups in total. The number of hydrogen-bond donors (Lipinski definition) is 0. The van der Waals surface area contributed by atoms with Crippen LogP contribution in [0.3, 0.4) is 0 Å². The minimum Gasteiger partial charge on any atom is -0.369 e. The van der Waals surface area contributed by atoms with Crippen molar-refractivity contribution in [2.24, 2.45) is 5.92 Å². The third-order valence-electron chi connectivity index (χ3n) is 6.66. The summed E-state index contributed by atoms with van der Waals surface area (Å²) < 4.78 is 0. The van der Waals surface area contributed by atoms with Gasteiger partial charge in [-0.3, -0.25) is 9.78 Å². The van der Waals surface area contributed by atoms with E-state index >= 15 is 0 Å². The predicted molar refractivity (Wildman–Crippen MR) is 109 cm³/mol. The molecule has 4 rings (SSSR count). The van der Waals surface area contributed by atoms with E-state index in [1.165, 1.54) is 24.9 Å². The lowest BCUT2D eigenvalue weighted by molar-refractivity contribution is -0.137. The summed E-state index contributed by atoms with van der Waals surface area (Å²) in [4.78, 5) is 25.1. The number of rotatable bonds is 3. The van der Waals surface area contributed by atoms with E-state index in [0.29, 0.717) is 5.91 Å². The van der Waals surface area contributed by atoms with Gasteiger partial charge in [-0.2, -0.15) is 0 Å². The summed E-state index contributed by atoms with van der Waals surface area (Å²) in [5.41, 5.74) is 3.45. The van der Waals surface area contributed by atoms with Gasteiger partial charge in [0.2, 0.25) is 5.91 Å². The molecule has 2 saturated heterocycles. The Morgan fingerprint density at radius 1 is 0.963 bits per heavy atom. The minimum atomic E-state index is 0.172. The number of piperazine rings is 1. The molecule has 2 aliphatic heterocycles. The van der Waals surface area contributed by atoms with Crippen molar-refractivity contribution in [3.63, 3.8) is 0 Å². The summed E-state index contributed by atoms with van der Waals surface area (Å²) in [5.74, 6) is 0.642. The SMILES string of the molecule is Cc1cc(N2CCN(C)CC2)cc(C2CCCN2C(=O)C2CCCCC2)n1. The van der Waals surface area contributed by atoms with Crippen molar-refractivity contribution in [3.05, 3.63) is 23.5 Å². The number of anilines is 1. The van der Waals surface area contributed by atoms with Crippen molar-refractivity contribution in [3.8, 4) is 0 Å². The molecular weight excluding hydrogens is 336 g/mol. The largest absolute Gasteiger partial charge is 0.369 e. The van der Waals surface area contributed by atoms with Crippen molar-refractivity contribution in [2.75, 3.05) is 44.7 Å². The molecule has 5 nitrogen and oxygen atoms in total. The Balaban J connectivity index is 1.53. The van der Waals surface area contributed by atoms with Gasteiger partial charge < -0.3 is 14.7 Å². The Morgan fingerprint density at radius 2 is 1.70 bits per heavy atom. The maximum Gasteiger partial charge on any atom is 0.226 e. The summed E-state index contributed by atoms with van der Waals surface area (Å²) in [6.07, 6.45) is 8.03. The second-order valence-electron chi connectivity index (χ2n) is 8.71. The molecule has 0 spiro atoms. The topological polar surface area (TPSA) is 39.7 Å². The summed E-state index contributed by atoms with van der Waals surface area (Å²) in [5, 5.41) is 0. The number of aromatic nitrogens is 1. The van der Waals surface area contributed by atoms with E-state index in [0.717, 1.165) is 69.8 Å². The fourth-order valence-corrected chi connectivity index (χ4v) is 5.02. The molecule has 1 atom stereocenters. The summed E-state index contributed by atoms with van der Waals surface area (Å²) in [6, 6.07) is 4.64. The first-order chi connectivity index (χ1) is 13.1. The van der Waals surface area contributed by atoms with Gasteiger partial charge in [0.05, 0.1) is 11.7 Å². The average molecular weight is 371 g/mol. The molecule has 1 aromatic rings. The molecule has 1 aromatic heterocycles. The lowest BCUT2D eigenvalue weighted by atomic mass is 9.88. The number of amides is 1. The molecule has 148 valence electrons. The fraction of sp³-hybridized carbons (Fsp3) is 0.727. The Bertz CT molecular complexity index is 662. The molecule has 1 amide bonds. The van der Waals surface area contributed by atoms with Crippen LogP contribution in [-0.4, -0.2) is 60.5 Å². The number of likely N-dealkylation sites (tertiary alicyclic amines) is 1. The van der Waals surface area contributed by atoms with E-state index < -0.39 is 0 Å². The Labute approximate surface area is 163 Å². The molecule has 0 radical (unpaired) electrons. The normalized spacial score (nSPS) is 25.2. The van der Waals surface area contributed by atoms with Crippen LogP contribution in [0.2, 0.25) is 0 Å². The van der Waals surface area contributed by atoms with E-state index in [-0.39, 0.29) is 12.0 Å². The van der Waals surface area contributed by atoms with E-state index in [9.17, 15) is 4.79 Å². The van der Waals surface area contributed by atoms with Gasteiger partial charge in [-0.15, -0.1) is 0 Å². The van der Waals surface area contributed by atoms with Crippen LogP contribution in [0.5, 0.6) is 0 Å². The Kier molecular flexibility index (Phi) is 5.67. The van der Waals surface area contributed by atoms with Crippen LogP contribution in [0.4, 0.5) is 5.69 Å². The van der Waals surface area contributed by atoms with Gasteiger partial charge in [0.15, 0.2) is 0 Å². The maximum absolute atomic E-state index is 13.2. The van der Waals surface area contributed by atoms with Crippen molar-refractivity contribution in [1.82, 2.24) is 14.8 Å². The monoisotopic (exact) mass is 370 g/mol. The Morgan fingerprint density at radius 3 is 2.44 bits per heavy atom. The maximum atomic E-state index is 13.2. The smallest absolute Gasteiger partial charge is 0.226 e. The standard InChI is InChI=1S/C22H34N4O/c1-17-15-19(25-13-11-24(2)12-14-25)16-20(23-17)21-9-6-10-26(21)22(27)18-7-4-3-5-8-18/h15-16,18,21H,3-14H2,1-2H3. The fourth-order valence-electron chi connectivity index (χ4n) is 5.02. The second-order valence-corrected chi connectivity index (χ2v) is 8.71. The molecule has 3 fully saturated rings. The summed E-state index contributed by atoms with van der Waals surface area (Å²) in [7, 11) is 2.19. The van der Waals surface area contributed by atoms with Gasteiger partial charge in [-0.05, 0) is 51.8 Å². The number of pyridine rings is 1. The van der Waals surface area contributed by atoms with Crippen LogP contribution >= 0.6 is 0 Å². The van der Waals surface area contributed by atoms with Gasteiger partial charge in [-0.1, -0.05) is 19.3 Å². The minimum absolute atomic E-state index is 0.172. The third kappa shape index (κ3) is 4.13. The van der Waals surface area contributed by atoms with Gasteiger partial charge in [0.1, 0.15) is 0 Å². The van der Waals surface area contributed by atoms with Crippen LogP contribution in [0.15, 0.2) is 12.1 Å². The highest BCUT2D eigenvalue weighted by Crippen LogP contribution is 2.36. The molecule has 1 aliphatic carbocycles. The first kappa shape index (κ1) is 18.7. The predicted octanol–water partition coefficient (Wildman–Crippen LogP) is 3.39. The number of hydrogen-bond acceptors (Lipinski definition) is 4. The van der Waals surface area contributed by atoms with Gasteiger partial charge >= 0.3 is 0 Å². The average Bonchev–Trinajstić information content (AvgIpc) is 3.18. The quantitative estimate of drug-likeness (QED) is 0.818. The molecule has 1 unspecified atom stereocenters. The van der Waals surface area contributed by atoms with Crippen LogP contribution in [0.1, 0.15) is 62.4 Å². The van der Waals surface area contributed by atoms with E-state index in [2.05, 4.69) is 40.8 Å². The van der Waals surface area contributed by atoms with Gasteiger partial charge in [-0.25, -0.2) is 0 Å². The molecule has 5 heteroatoms. The molecule has 0 bridgehead atoms. The first-order valence-corrected chi connectivity index (χ1v) is 10.8. The first-order valence-electron chi connectivity index (χ1n) is 10.8. The van der Waals surface area contributed by atoms with Gasteiger partial charge in [0.25, 0.3) is 0 Å². The van der Waals surface area contributed by atoms with Crippen molar-refractivity contribution in [1.29, 1.82) is 0 Å². The molecule has 1 saturated carbocycles. The second kappa shape index (κ2) is 8.17. The van der Waals surface area contributed by atoms with E-state index in [1.54, 1.807) is 0 Å².